The van der Waals surface area contributed by atoms with Gasteiger partial charge in [-0.05, 0) is 0 Å². The summed E-state index contributed by atoms with van der Waals surface area (Å²) in [5, 5.41) is 2.75. The van der Waals surface area contributed by atoms with E-state index in [1.165, 1.54) is 35.6 Å². The average Bonchev–Trinajstić information content (AvgIpc) is 3.17. The van der Waals surface area contributed by atoms with Gasteiger partial charge in [0.15, 0.2) is 0 Å². The van der Waals surface area contributed by atoms with E-state index in [0.717, 1.165) is 6.42 Å². The van der Waals surface area contributed by atoms with Crippen LogP contribution in [0.2, 0.25) is 0 Å². The molecule has 4 rings (SSSR count). The van der Waals surface area contributed by atoms with Crippen molar-refractivity contribution in [2.45, 2.75) is 51.9 Å². The first-order valence-electron chi connectivity index (χ1n) is 8.41. The molecule has 2 aromatic rings. The Morgan fingerprint density at radius 2 is 1.72 bits per heavy atom. The first-order chi connectivity index (χ1) is 11.0. The van der Waals surface area contributed by atoms with Crippen molar-refractivity contribution < 1.29 is 49.0 Å². The van der Waals surface area contributed by atoms with Gasteiger partial charge in [-0.2, -0.15) is 6.08 Å². The molecular formula is C22H26Cl2Zr-2. The molecule has 25 heavy (non-hydrogen) atoms. The maximum atomic E-state index is 2.99. The number of rotatable bonds is 0. The zero-order chi connectivity index (χ0) is 16.7. The van der Waals surface area contributed by atoms with Gasteiger partial charge in [-0.3, -0.25) is 6.08 Å². The van der Waals surface area contributed by atoms with Crippen molar-refractivity contribution in [3.05, 3.63) is 66.3 Å². The first-order valence-corrected chi connectivity index (χ1v) is 9.64. The van der Waals surface area contributed by atoms with Crippen LogP contribution < -0.4 is 24.8 Å². The molecule has 0 amide bonds. The molecule has 3 heteroatoms. The zero-order valence-electron chi connectivity index (χ0n) is 15.3. The Hall–Kier alpha value is -0.357. The van der Waals surface area contributed by atoms with Gasteiger partial charge in [0, 0.05) is 0 Å². The van der Waals surface area contributed by atoms with Gasteiger partial charge in [0.1, 0.15) is 0 Å². The molecule has 0 bridgehead atoms. The van der Waals surface area contributed by atoms with E-state index in [4.69, 9.17) is 0 Å². The second kappa shape index (κ2) is 12.1. The fraction of sp³-hybridized carbons (Fsp3) is 0.364. The molecule has 2 aliphatic rings. The number of halogens is 2. The van der Waals surface area contributed by atoms with E-state index in [9.17, 15) is 0 Å². The van der Waals surface area contributed by atoms with E-state index in [1.54, 1.807) is 27.4 Å². The van der Waals surface area contributed by atoms with Crippen LogP contribution >= 0.6 is 0 Å². The number of hydrogen-bond donors (Lipinski definition) is 0. The van der Waals surface area contributed by atoms with Crippen LogP contribution in [0.15, 0.2) is 54.6 Å². The fourth-order valence-electron chi connectivity index (χ4n) is 2.50. The molecule has 0 aromatic heterocycles. The minimum absolute atomic E-state index is 0. The van der Waals surface area contributed by atoms with Gasteiger partial charge in [0.05, 0.1) is 0 Å². The molecule has 0 N–H and O–H groups in total. The molecule has 0 unspecified atom stereocenters. The number of benzene rings is 1. The zero-order valence-corrected chi connectivity index (χ0v) is 19.3. The van der Waals surface area contributed by atoms with E-state index in [-0.39, 0.29) is 30.2 Å². The minimum atomic E-state index is 0. The molecule has 0 radical (unpaired) electrons. The van der Waals surface area contributed by atoms with E-state index >= 15 is 0 Å². The third-order valence-corrected chi connectivity index (χ3v) is 5.26. The topological polar surface area (TPSA) is 0 Å². The van der Waals surface area contributed by atoms with Crippen LogP contribution in [0.4, 0.5) is 0 Å². The van der Waals surface area contributed by atoms with Crippen LogP contribution in [0.5, 0.6) is 0 Å². The van der Waals surface area contributed by atoms with Gasteiger partial charge in [-0.25, -0.2) is 12.2 Å². The SMILES string of the molecule is CC(C)(C)c1c[cH-]c2ccccc12.[C-]1=CC=CC1.[Cl-].[Cl-].[Zr+2]=[C]1CCC1. The molecule has 1 fully saturated rings. The third kappa shape index (κ3) is 8.25. The predicted molar refractivity (Wildman–Crippen MR) is 98.7 cm³/mol. The molecule has 0 aliphatic heterocycles. The molecule has 134 valence electrons. The van der Waals surface area contributed by atoms with E-state index in [1.807, 2.05) is 12.2 Å². The summed E-state index contributed by atoms with van der Waals surface area (Å²) in [7, 11) is 0. The summed E-state index contributed by atoms with van der Waals surface area (Å²) in [5.74, 6) is 0. The van der Waals surface area contributed by atoms with Crippen LogP contribution in [0.3, 0.4) is 0 Å². The molecular weight excluding hydrogens is 426 g/mol. The fourth-order valence-corrected chi connectivity index (χ4v) is 3.37. The molecule has 2 aromatic carbocycles. The number of fused-ring (bicyclic) bond motifs is 1. The van der Waals surface area contributed by atoms with Gasteiger partial charge in [0.2, 0.25) is 0 Å². The maximum absolute atomic E-state index is 2.99. The summed E-state index contributed by atoms with van der Waals surface area (Å²) >= 11 is 1.67. The molecule has 1 saturated carbocycles. The second-order valence-electron chi connectivity index (χ2n) is 7.04. The molecule has 0 saturated heterocycles. The number of hydrogen-bond acceptors (Lipinski definition) is 0. The summed E-state index contributed by atoms with van der Waals surface area (Å²) in [6.45, 7) is 6.78. The van der Waals surface area contributed by atoms with Crippen LogP contribution in [-0.2, 0) is 29.7 Å². The Kier molecular flexibility index (Phi) is 11.9. The Morgan fingerprint density at radius 1 is 1.08 bits per heavy atom. The monoisotopic (exact) mass is 450 g/mol. The molecule has 0 atom stereocenters. The van der Waals surface area contributed by atoms with Gasteiger partial charge in [-0.15, -0.1) is 53.1 Å². The second-order valence-corrected chi connectivity index (χ2v) is 8.78. The van der Waals surface area contributed by atoms with Crippen LogP contribution in [0.1, 0.15) is 52.0 Å². The Morgan fingerprint density at radius 3 is 2.12 bits per heavy atom. The van der Waals surface area contributed by atoms with Gasteiger partial charge >= 0.3 is 46.7 Å². The van der Waals surface area contributed by atoms with Gasteiger partial charge < -0.3 is 24.8 Å². The van der Waals surface area contributed by atoms with E-state index in [2.05, 4.69) is 69.3 Å². The third-order valence-electron chi connectivity index (χ3n) is 4.03. The van der Waals surface area contributed by atoms with Crippen molar-refractivity contribution >= 4 is 14.0 Å². The van der Waals surface area contributed by atoms with Crippen molar-refractivity contribution in [2.24, 2.45) is 0 Å². The van der Waals surface area contributed by atoms with Crippen molar-refractivity contribution in [2.75, 3.05) is 0 Å². The number of allylic oxidation sites excluding steroid dienone is 4. The predicted octanol–water partition coefficient (Wildman–Crippen LogP) is 0.0594. The van der Waals surface area contributed by atoms with Gasteiger partial charge in [-0.1, -0.05) is 32.3 Å². The van der Waals surface area contributed by atoms with E-state index in [0.29, 0.717) is 0 Å². The normalized spacial score (nSPS) is 14.4. The Bertz CT molecular complexity index is 686. The summed E-state index contributed by atoms with van der Waals surface area (Å²) in [4.78, 5) is 0. The van der Waals surface area contributed by atoms with Gasteiger partial charge in [0.25, 0.3) is 0 Å². The Labute approximate surface area is 180 Å². The molecule has 2 aliphatic carbocycles. The summed E-state index contributed by atoms with van der Waals surface area (Å²) in [6, 6.07) is 13.0. The van der Waals surface area contributed by atoms with E-state index < -0.39 is 0 Å². The summed E-state index contributed by atoms with van der Waals surface area (Å²) in [6.07, 6.45) is 14.4. The molecule has 0 nitrogen and oxygen atoms in total. The van der Waals surface area contributed by atoms with Crippen LogP contribution in [0, 0.1) is 6.08 Å². The standard InChI is InChI=1S/C13H15.C5H5.C4H6.2ClH.Zr/c1-13(2,3)12-9-8-10-6-4-5-7-11(10)12;1-2-4-5-3-1;1-2-4-3-1;;;/h4-9H,1-3H3;1-3H,4H2;1-3H2;2*1H;/q2*-1;;;;+2/p-2. The molecule has 0 spiro atoms. The summed E-state index contributed by atoms with van der Waals surface area (Å²) < 4.78 is 1.78. The van der Waals surface area contributed by atoms with Crippen molar-refractivity contribution in [1.82, 2.24) is 0 Å². The summed E-state index contributed by atoms with van der Waals surface area (Å²) in [5.41, 5.74) is 1.70. The quantitative estimate of drug-likeness (QED) is 0.496. The van der Waals surface area contributed by atoms with Crippen molar-refractivity contribution in [3.63, 3.8) is 0 Å². The first kappa shape index (κ1) is 24.6. The molecule has 0 heterocycles. The average molecular weight is 453 g/mol. The Balaban J connectivity index is 0.000000400. The van der Waals surface area contributed by atoms with Crippen LogP contribution in [-0.4, -0.2) is 3.21 Å². The van der Waals surface area contributed by atoms with Crippen molar-refractivity contribution in [1.29, 1.82) is 0 Å². The van der Waals surface area contributed by atoms with Crippen LogP contribution in [0.25, 0.3) is 10.8 Å². The van der Waals surface area contributed by atoms with Crippen molar-refractivity contribution in [3.8, 4) is 0 Å².